The molecule has 0 radical (unpaired) electrons. The molecule has 2 rings (SSSR count). The summed E-state index contributed by atoms with van der Waals surface area (Å²) in [5.41, 5.74) is 8.05. The molecule has 0 aromatic heterocycles. The van der Waals surface area contributed by atoms with E-state index >= 15 is 0 Å². The number of hydrogen-bond acceptors (Lipinski definition) is 4. The first-order valence-corrected chi connectivity index (χ1v) is 8.40. The summed E-state index contributed by atoms with van der Waals surface area (Å²) in [7, 11) is -2.91. The van der Waals surface area contributed by atoms with Crippen LogP contribution in [0.3, 0.4) is 0 Å². The topological polar surface area (TPSA) is 69.4 Å². The van der Waals surface area contributed by atoms with Gasteiger partial charge in [0.2, 0.25) is 0 Å². The van der Waals surface area contributed by atoms with Crippen molar-refractivity contribution in [1.82, 2.24) is 0 Å². The van der Waals surface area contributed by atoms with E-state index in [9.17, 15) is 8.42 Å². The van der Waals surface area contributed by atoms with Crippen LogP contribution < -0.4 is 10.5 Å². The van der Waals surface area contributed by atoms with Gasteiger partial charge in [-0.25, -0.2) is 8.42 Å². The number of nitrogens with two attached hydrogens (primary N) is 1. The van der Waals surface area contributed by atoms with Gasteiger partial charge in [-0.05, 0) is 38.3 Å². The van der Waals surface area contributed by atoms with Crippen LogP contribution in [0.5, 0.6) is 5.75 Å². The Labute approximate surface area is 114 Å². The van der Waals surface area contributed by atoms with Crippen LogP contribution in [0.15, 0.2) is 18.2 Å². The van der Waals surface area contributed by atoms with Gasteiger partial charge >= 0.3 is 0 Å². The molecule has 1 aromatic carbocycles. The van der Waals surface area contributed by atoms with Crippen molar-refractivity contribution in [2.45, 2.75) is 38.8 Å². The largest absolute Gasteiger partial charge is 0.489 e. The van der Waals surface area contributed by atoms with Gasteiger partial charge in [0.15, 0.2) is 9.84 Å². The lowest BCUT2D eigenvalue weighted by Crippen LogP contribution is -2.21. The van der Waals surface area contributed by atoms with E-state index in [1.165, 1.54) is 0 Å². The molecular weight excluding hydrogens is 262 g/mol. The number of benzene rings is 1. The molecule has 0 bridgehead atoms. The van der Waals surface area contributed by atoms with Crippen LogP contribution in [0.25, 0.3) is 0 Å². The number of rotatable bonds is 4. The van der Waals surface area contributed by atoms with E-state index in [4.69, 9.17) is 10.5 Å². The number of sulfone groups is 1. The van der Waals surface area contributed by atoms with Gasteiger partial charge in [-0.1, -0.05) is 17.7 Å². The lowest BCUT2D eigenvalue weighted by atomic mass is 10.0. The van der Waals surface area contributed by atoms with Gasteiger partial charge in [-0.3, -0.25) is 0 Å². The average molecular weight is 283 g/mol. The molecule has 1 saturated heterocycles. The summed E-state index contributed by atoms with van der Waals surface area (Å²) >= 11 is 0. The first-order valence-electron chi connectivity index (χ1n) is 6.58. The normalized spacial score (nSPS) is 23.2. The molecule has 1 aromatic rings. The third kappa shape index (κ3) is 3.94. The van der Waals surface area contributed by atoms with Gasteiger partial charge < -0.3 is 10.5 Å². The molecule has 1 heterocycles. The highest BCUT2D eigenvalue weighted by atomic mass is 32.2. The zero-order valence-electron chi connectivity index (χ0n) is 11.4. The minimum Gasteiger partial charge on any atom is -0.489 e. The van der Waals surface area contributed by atoms with Crippen molar-refractivity contribution in [3.63, 3.8) is 0 Å². The minimum atomic E-state index is -2.91. The van der Waals surface area contributed by atoms with Gasteiger partial charge in [0.1, 0.15) is 11.9 Å². The summed E-state index contributed by atoms with van der Waals surface area (Å²) in [6.07, 6.45) is 1.09. The molecule has 1 aliphatic rings. The highest BCUT2D eigenvalue weighted by molar-refractivity contribution is 7.91. The van der Waals surface area contributed by atoms with Crippen LogP contribution >= 0.6 is 0 Å². The third-order valence-corrected chi connectivity index (χ3v) is 4.98. The van der Waals surface area contributed by atoms with Crippen LogP contribution in [0, 0.1) is 6.92 Å². The van der Waals surface area contributed by atoms with E-state index in [0.717, 1.165) is 23.3 Å². The fourth-order valence-corrected chi connectivity index (χ4v) is 3.95. The molecule has 1 aliphatic heterocycles. The third-order valence-electron chi connectivity index (χ3n) is 3.24. The standard InChI is InChI=1S/C14H21NO3S/c1-10-3-4-14(12(7-10)8-11(2)15)18-13-5-6-19(16,17)9-13/h3-4,7,11,13H,5-6,8-9,15H2,1-2H3. The van der Waals surface area contributed by atoms with Gasteiger partial charge in [0, 0.05) is 6.04 Å². The zero-order valence-corrected chi connectivity index (χ0v) is 12.2. The van der Waals surface area contributed by atoms with Crippen molar-refractivity contribution >= 4 is 9.84 Å². The highest BCUT2D eigenvalue weighted by Crippen LogP contribution is 2.25. The van der Waals surface area contributed by atoms with Crippen LogP contribution in [0.4, 0.5) is 0 Å². The number of aryl methyl sites for hydroxylation is 1. The Bertz CT molecular complexity index is 552. The second-order valence-electron chi connectivity index (χ2n) is 5.44. The van der Waals surface area contributed by atoms with Crippen molar-refractivity contribution in [3.05, 3.63) is 29.3 Å². The van der Waals surface area contributed by atoms with E-state index in [1.807, 2.05) is 26.0 Å². The van der Waals surface area contributed by atoms with Crippen molar-refractivity contribution in [2.75, 3.05) is 11.5 Å². The van der Waals surface area contributed by atoms with Crippen LogP contribution in [0.1, 0.15) is 24.5 Å². The molecule has 19 heavy (non-hydrogen) atoms. The number of hydrogen-bond donors (Lipinski definition) is 1. The maximum Gasteiger partial charge on any atom is 0.154 e. The van der Waals surface area contributed by atoms with Crippen molar-refractivity contribution in [3.8, 4) is 5.75 Å². The SMILES string of the molecule is Cc1ccc(OC2CCS(=O)(=O)C2)c(CC(C)N)c1. The average Bonchev–Trinajstić information content (AvgIpc) is 2.61. The first-order chi connectivity index (χ1) is 8.85. The molecule has 106 valence electrons. The summed E-state index contributed by atoms with van der Waals surface area (Å²) in [6.45, 7) is 3.97. The van der Waals surface area contributed by atoms with Gasteiger partial charge in [-0.2, -0.15) is 0 Å². The summed E-state index contributed by atoms with van der Waals surface area (Å²) in [5.74, 6) is 1.12. The molecule has 1 fully saturated rings. The summed E-state index contributed by atoms with van der Waals surface area (Å²) < 4.78 is 28.8. The minimum absolute atomic E-state index is 0.0523. The Morgan fingerprint density at radius 2 is 2.21 bits per heavy atom. The van der Waals surface area contributed by atoms with E-state index in [-0.39, 0.29) is 23.7 Å². The Hall–Kier alpha value is -1.07. The lowest BCUT2D eigenvalue weighted by molar-refractivity contribution is 0.226. The predicted octanol–water partition coefficient (Wildman–Crippen LogP) is 1.45. The second-order valence-corrected chi connectivity index (χ2v) is 7.66. The molecule has 2 atom stereocenters. The molecular formula is C14H21NO3S. The molecule has 0 aliphatic carbocycles. The molecule has 2 unspecified atom stereocenters. The number of ether oxygens (including phenoxy) is 1. The van der Waals surface area contributed by atoms with Gasteiger partial charge in [0.05, 0.1) is 11.5 Å². The van der Waals surface area contributed by atoms with Crippen molar-refractivity contribution in [1.29, 1.82) is 0 Å². The van der Waals surface area contributed by atoms with E-state index < -0.39 is 9.84 Å². The molecule has 5 heteroatoms. The fourth-order valence-electron chi connectivity index (χ4n) is 2.36. The van der Waals surface area contributed by atoms with Crippen LogP contribution in [-0.2, 0) is 16.3 Å². The molecule has 4 nitrogen and oxygen atoms in total. The molecule has 0 amide bonds. The van der Waals surface area contributed by atoms with E-state index in [1.54, 1.807) is 0 Å². The zero-order chi connectivity index (χ0) is 14.0. The van der Waals surface area contributed by atoms with Crippen LogP contribution in [-0.4, -0.2) is 32.1 Å². The fraction of sp³-hybridized carbons (Fsp3) is 0.571. The predicted molar refractivity (Wildman–Crippen MR) is 76.2 cm³/mol. The Morgan fingerprint density at radius 3 is 2.79 bits per heavy atom. The summed E-state index contributed by atoms with van der Waals surface area (Å²) in [4.78, 5) is 0. The maximum absolute atomic E-state index is 11.4. The Morgan fingerprint density at radius 1 is 1.47 bits per heavy atom. The second kappa shape index (κ2) is 5.51. The first kappa shape index (κ1) is 14.3. The van der Waals surface area contributed by atoms with Crippen LogP contribution in [0.2, 0.25) is 0 Å². The van der Waals surface area contributed by atoms with Crippen molar-refractivity contribution < 1.29 is 13.2 Å². The molecule has 2 N–H and O–H groups in total. The van der Waals surface area contributed by atoms with Gasteiger partial charge in [-0.15, -0.1) is 0 Å². The maximum atomic E-state index is 11.4. The Balaban J connectivity index is 2.15. The lowest BCUT2D eigenvalue weighted by Gasteiger charge is -2.17. The monoisotopic (exact) mass is 283 g/mol. The van der Waals surface area contributed by atoms with Gasteiger partial charge in [0.25, 0.3) is 0 Å². The van der Waals surface area contributed by atoms with E-state index in [0.29, 0.717) is 6.42 Å². The summed E-state index contributed by atoms with van der Waals surface area (Å²) in [5, 5.41) is 0. The summed E-state index contributed by atoms with van der Waals surface area (Å²) in [6, 6.07) is 6.00. The van der Waals surface area contributed by atoms with Crippen molar-refractivity contribution in [2.24, 2.45) is 5.73 Å². The Kier molecular flexibility index (Phi) is 4.16. The molecule has 0 spiro atoms. The smallest absolute Gasteiger partial charge is 0.154 e. The quantitative estimate of drug-likeness (QED) is 0.908. The highest BCUT2D eigenvalue weighted by Gasteiger charge is 2.29. The van der Waals surface area contributed by atoms with E-state index in [2.05, 4.69) is 6.07 Å². The molecule has 0 saturated carbocycles.